The molecule has 2 heterocycles. The van der Waals surface area contributed by atoms with Crippen LogP contribution in [0.25, 0.3) is 0 Å². The molecular weight excluding hydrogens is 465 g/mol. The molecule has 0 saturated carbocycles. The minimum atomic E-state index is -1.19. The van der Waals surface area contributed by atoms with Gasteiger partial charge in [0.25, 0.3) is 0 Å². The standard InChI is InChI=1S/C27H34FN3O5/c1-21-29-10-12-31(21)11-3-14-35-26-16-22(4-9-25(26)33-2)17-30-13-15-34-19-27(32,18-30)20-36-24-7-5-23(28)6-8-24/h4-10,12,16,32H,3,11,13-15,17-20H2,1-2H3/t27-/m0/s1. The normalized spacial score (nSPS) is 18.6. The lowest BCUT2D eigenvalue weighted by Crippen LogP contribution is -2.48. The van der Waals surface area contributed by atoms with Crippen LogP contribution in [0.3, 0.4) is 0 Å². The van der Waals surface area contributed by atoms with E-state index >= 15 is 0 Å². The van der Waals surface area contributed by atoms with Crippen LogP contribution >= 0.6 is 0 Å². The summed E-state index contributed by atoms with van der Waals surface area (Å²) in [6, 6.07) is 11.6. The van der Waals surface area contributed by atoms with Crippen molar-refractivity contribution in [1.29, 1.82) is 0 Å². The molecule has 2 aromatic carbocycles. The Labute approximate surface area is 211 Å². The zero-order valence-corrected chi connectivity index (χ0v) is 20.9. The molecule has 0 radical (unpaired) electrons. The molecule has 4 rings (SSSR count). The van der Waals surface area contributed by atoms with Crippen LogP contribution in [0, 0.1) is 12.7 Å². The van der Waals surface area contributed by atoms with Gasteiger partial charge in [0, 0.05) is 38.6 Å². The maximum absolute atomic E-state index is 13.2. The molecule has 1 aliphatic heterocycles. The van der Waals surface area contributed by atoms with Crippen molar-refractivity contribution in [3.05, 3.63) is 72.1 Å². The summed E-state index contributed by atoms with van der Waals surface area (Å²) in [5, 5.41) is 11.2. The van der Waals surface area contributed by atoms with E-state index in [-0.39, 0.29) is 19.0 Å². The highest BCUT2D eigenvalue weighted by Crippen LogP contribution is 2.29. The monoisotopic (exact) mass is 499 g/mol. The molecule has 1 aromatic heterocycles. The molecule has 0 amide bonds. The quantitative estimate of drug-likeness (QED) is 0.405. The summed E-state index contributed by atoms with van der Waals surface area (Å²) in [4.78, 5) is 6.38. The lowest BCUT2D eigenvalue weighted by molar-refractivity contribution is -0.0646. The fourth-order valence-electron chi connectivity index (χ4n) is 4.22. The maximum Gasteiger partial charge on any atom is 0.161 e. The number of nitrogens with zero attached hydrogens (tertiary/aromatic N) is 3. The third kappa shape index (κ3) is 7.19. The lowest BCUT2D eigenvalue weighted by Gasteiger charge is -2.30. The minimum Gasteiger partial charge on any atom is -0.493 e. The Hall–Kier alpha value is -3.14. The number of hydrogen-bond donors (Lipinski definition) is 1. The Balaban J connectivity index is 1.34. The van der Waals surface area contributed by atoms with E-state index in [1.807, 2.05) is 31.3 Å². The summed E-state index contributed by atoms with van der Waals surface area (Å²) in [5.41, 5.74) is -0.151. The van der Waals surface area contributed by atoms with Gasteiger partial charge in [0.2, 0.25) is 0 Å². The highest BCUT2D eigenvalue weighted by molar-refractivity contribution is 5.43. The van der Waals surface area contributed by atoms with Crippen molar-refractivity contribution < 1.29 is 28.4 Å². The van der Waals surface area contributed by atoms with Gasteiger partial charge in [-0.2, -0.15) is 0 Å². The molecule has 8 nitrogen and oxygen atoms in total. The van der Waals surface area contributed by atoms with Crippen LogP contribution in [-0.2, 0) is 17.8 Å². The number of imidazole rings is 1. The number of hydrogen-bond acceptors (Lipinski definition) is 7. The van der Waals surface area contributed by atoms with E-state index in [9.17, 15) is 9.50 Å². The summed E-state index contributed by atoms with van der Waals surface area (Å²) >= 11 is 0. The Morgan fingerprint density at radius 2 is 1.97 bits per heavy atom. The van der Waals surface area contributed by atoms with Crippen molar-refractivity contribution in [2.75, 3.05) is 46.6 Å². The van der Waals surface area contributed by atoms with Gasteiger partial charge in [-0.05, 0) is 55.3 Å². The van der Waals surface area contributed by atoms with Crippen LogP contribution in [0.5, 0.6) is 17.2 Å². The number of β-amino-alcohol motifs (C(OH)–C–C–N with tert-alkyl or cyclic N) is 1. The SMILES string of the molecule is COc1ccc(CN2CCOC[C@](O)(COc3ccc(F)cc3)C2)cc1OCCCn1ccnc1C. The second-order valence-corrected chi connectivity index (χ2v) is 9.09. The number of methoxy groups -OCH3 is 1. The Morgan fingerprint density at radius 1 is 1.14 bits per heavy atom. The molecule has 0 unspecified atom stereocenters. The second-order valence-electron chi connectivity index (χ2n) is 9.09. The molecule has 1 fully saturated rings. The smallest absolute Gasteiger partial charge is 0.161 e. The summed E-state index contributed by atoms with van der Waals surface area (Å²) in [7, 11) is 1.63. The van der Waals surface area contributed by atoms with Gasteiger partial charge in [-0.15, -0.1) is 0 Å². The number of rotatable bonds is 11. The highest BCUT2D eigenvalue weighted by Gasteiger charge is 2.33. The summed E-state index contributed by atoms with van der Waals surface area (Å²) < 4.78 is 38.2. The van der Waals surface area contributed by atoms with Gasteiger partial charge in [0.05, 0.1) is 26.9 Å². The van der Waals surface area contributed by atoms with E-state index in [0.29, 0.717) is 50.1 Å². The number of ether oxygens (including phenoxy) is 4. The van der Waals surface area contributed by atoms with Crippen molar-refractivity contribution in [3.63, 3.8) is 0 Å². The van der Waals surface area contributed by atoms with Gasteiger partial charge in [-0.1, -0.05) is 6.07 Å². The first-order chi connectivity index (χ1) is 17.4. The van der Waals surface area contributed by atoms with Crippen molar-refractivity contribution >= 4 is 0 Å². The first kappa shape index (κ1) is 25.9. The van der Waals surface area contributed by atoms with Crippen LogP contribution in [0.15, 0.2) is 54.9 Å². The van der Waals surface area contributed by atoms with Gasteiger partial charge in [0.1, 0.15) is 29.6 Å². The molecule has 0 spiro atoms. The number of aryl methyl sites for hydroxylation is 2. The zero-order valence-electron chi connectivity index (χ0n) is 20.9. The molecule has 36 heavy (non-hydrogen) atoms. The predicted molar refractivity (Wildman–Crippen MR) is 133 cm³/mol. The highest BCUT2D eigenvalue weighted by atomic mass is 19.1. The van der Waals surface area contributed by atoms with Crippen LogP contribution in [0.1, 0.15) is 17.8 Å². The van der Waals surface area contributed by atoms with Crippen molar-refractivity contribution in [3.8, 4) is 17.2 Å². The predicted octanol–water partition coefficient (Wildman–Crippen LogP) is 3.45. The van der Waals surface area contributed by atoms with E-state index in [1.165, 1.54) is 12.1 Å². The molecule has 194 valence electrons. The zero-order chi connectivity index (χ0) is 25.4. The van der Waals surface area contributed by atoms with Gasteiger partial charge >= 0.3 is 0 Å². The van der Waals surface area contributed by atoms with Crippen LogP contribution in [0.2, 0.25) is 0 Å². The number of halogens is 1. The molecule has 3 aromatic rings. The van der Waals surface area contributed by atoms with Crippen molar-refractivity contribution in [2.45, 2.75) is 32.0 Å². The first-order valence-electron chi connectivity index (χ1n) is 12.1. The van der Waals surface area contributed by atoms with Gasteiger partial charge in [-0.3, -0.25) is 4.90 Å². The molecule has 1 atom stereocenters. The molecular formula is C27H34FN3O5. The largest absolute Gasteiger partial charge is 0.493 e. The molecule has 1 aliphatic rings. The molecule has 1 N–H and O–H groups in total. The van der Waals surface area contributed by atoms with Crippen molar-refractivity contribution in [1.82, 2.24) is 14.5 Å². The van der Waals surface area contributed by atoms with Crippen LogP contribution < -0.4 is 14.2 Å². The van der Waals surface area contributed by atoms with E-state index in [1.54, 1.807) is 25.4 Å². The Bertz CT molecular complexity index is 1110. The van der Waals surface area contributed by atoms with Crippen LogP contribution in [-0.4, -0.2) is 71.8 Å². The van der Waals surface area contributed by atoms with Gasteiger partial charge in [-0.25, -0.2) is 9.37 Å². The van der Waals surface area contributed by atoms with Crippen molar-refractivity contribution in [2.24, 2.45) is 0 Å². The van der Waals surface area contributed by atoms with Gasteiger partial charge < -0.3 is 28.6 Å². The topological polar surface area (TPSA) is 78.2 Å². The first-order valence-corrected chi connectivity index (χ1v) is 12.1. The number of benzene rings is 2. The molecule has 0 aliphatic carbocycles. The maximum atomic E-state index is 13.2. The number of aromatic nitrogens is 2. The number of aliphatic hydroxyl groups is 1. The summed E-state index contributed by atoms with van der Waals surface area (Å²) in [6.07, 6.45) is 4.61. The van der Waals surface area contributed by atoms with E-state index < -0.39 is 5.60 Å². The average Bonchev–Trinajstić information content (AvgIpc) is 3.19. The molecule has 1 saturated heterocycles. The summed E-state index contributed by atoms with van der Waals surface area (Å²) in [5.74, 6) is 2.53. The van der Waals surface area contributed by atoms with Crippen LogP contribution in [0.4, 0.5) is 4.39 Å². The lowest BCUT2D eigenvalue weighted by atomic mass is 10.1. The van der Waals surface area contributed by atoms with E-state index in [0.717, 1.165) is 24.4 Å². The fraction of sp³-hybridized carbons (Fsp3) is 0.444. The molecule has 0 bridgehead atoms. The minimum absolute atomic E-state index is 0.0441. The summed E-state index contributed by atoms with van der Waals surface area (Å²) in [6.45, 7) is 5.74. The third-order valence-corrected chi connectivity index (χ3v) is 6.12. The average molecular weight is 500 g/mol. The third-order valence-electron chi connectivity index (χ3n) is 6.12. The molecule has 9 heteroatoms. The Morgan fingerprint density at radius 3 is 2.72 bits per heavy atom. The Kier molecular flexibility index (Phi) is 8.79. The van der Waals surface area contributed by atoms with Gasteiger partial charge in [0.15, 0.2) is 11.5 Å². The van der Waals surface area contributed by atoms with E-state index in [2.05, 4.69) is 14.5 Å². The van der Waals surface area contributed by atoms with E-state index in [4.69, 9.17) is 18.9 Å². The second kappa shape index (κ2) is 12.2. The fourth-order valence-corrected chi connectivity index (χ4v) is 4.22.